The number of unbranched alkanes of at least 4 members (excludes halogenated alkanes) is 1. The van der Waals surface area contributed by atoms with E-state index in [0.717, 1.165) is 29.0 Å². The summed E-state index contributed by atoms with van der Waals surface area (Å²) in [6, 6.07) is 15.6. The van der Waals surface area contributed by atoms with E-state index in [0.29, 0.717) is 12.0 Å². The SMILES string of the molecule is CCCCSNc1ccc(-c2ccc(C(=O)CC(CCC)C(=O)O)cc2)cc1. The third-order valence-corrected chi connectivity index (χ3v) is 5.51. The van der Waals surface area contributed by atoms with Crippen molar-refractivity contribution in [3.63, 3.8) is 0 Å². The average Bonchev–Trinajstić information content (AvgIpc) is 2.71. The minimum atomic E-state index is -0.895. The summed E-state index contributed by atoms with van der Waals surface area (Å²) in [6.07, 6.45) is 3.73. The van der Waals surface area contributed by atoms with E-state index in [-0.39, 0.29) is 12.2 Å². The minimum absolute atomic E-state index is 0.0542. The largest absolute Gasteiger partial charge is 0.481 e. The third-order valence-electron chi connectivity index (χ3n) is 4.63. The molecule has 0 aliphatic rings. The van der Waals surface area contributed by atoms with Crippen LogP contribution in [0, 0.1) is 5.92 Å². The summed E-state index contributed by atoms with van der Waals surface area (Å²) in [5, 5.41) is 9.24. The van der Waals surface area contributed by atoms with E-state index < -0.39 is 11.9 Å². The van der Waals surface area contributed by atoms with Gasteiger partial charge in [-0.15, -0.1) is 0 Å². The summed E-state index contributed by atoms with van der Waals surface area (Å²) < 4.78 is 3.34. The maximum atomic E-state index is 12.4. The number of hydrogen-bond acceptors (Lipinski definition) is 4. The van der Waals surface area contributed by atoms with E-state index in [4.69, 9.17) is 0 Å². The summed E-state index contributed by atoms with van der Waals surface area (Å²) >= 11 is 1.72. The van der Waals surface area contributed by atoms with E-state index >= 15 is 0 Å². The molecule has 2 rings (SSSR count). The van der Waals surface area contributed by atoms with Crippen LogP contribution in [0.3, 0.4) is 0 Å². The predicted octanol–water partition coefficient (Wildman–Crippen LogP) is 6.29. The summed E-state index contributed by atoms with van der Waals surface area (Å²) in [5.74, 6) is -0.522. The number of ketones is 1. The van der Waals surface area contributed by atoms with Crippen LogP contribution in [0.5, 0.6) is 0 Å². The molecule has 5 heteroatoms. The Labute approximate surface area is 171 Å². The Bertz CT molecular complexity index is 756. The number of carbonyl (C=O) groups is 2. The Balaban J connectivity index is 1.97. The quantitative estimate of drug-likeness (QED) is 0.249. The van der Waals surface area contributed by atoms with Gasteiger partial charge < -0.3 is 9.83 Å². The van der Waals surface area contributed by atoms with Crippen LogP contribution in [0.15, 0.2) is 48.5 Å². The Morgan fingerprint density at radius 3 is 2.11 bits per heavy atom. The molecule has 0 heterocycles. The maximum absolute atomic E-state index is 12.4. The van der Waals surface area contributed by atoms with Gasteiger partial charge in [0.15, 0.2) is 5.78 Å². The van der Waals surface area contributed by atoms with Crippen molar-refractivity contribution in [3.8, 4) is 11.1 Å². The van der Waals surface area contributed by atoms with E-state index in [1.165, 1.54) is 12.8 Å². The maximum Gasteiger partial charge on any atom is 0.306 e. The molecule has 1 unspecified atom stereocenters. The molecule has 0 bridgehead atoms. The fourth-order valence-electron chi connectivity index (χ4n) is 2.93. The van der Waals surface area contributed by atoms with Crippen molar-refractivity contribution < 1.29 is 14.7 Å². The van der Waals surface area contributed by atoms with Gasteiger partial charge >= 0.3 is 5.97 Å². The van der Waals surface area contributed by atoms with Crippen molar-refractivity contribution in [3.05, 3.63) is 54.1 Å². The van der Waals surface area contributed by atoms with Crippen molar-refractivity contribution in [2.24, 2.45) is 5.92 Å². The average molecular weight is 400 g/mol. The first-order valence-electron chi connectivity index (χ1n) is 9.89. The zero-order valence-corrected chi connectivity index (χ0v) is 17.4. The summed E-state index contributed by atoms with van der Waals surface area (Å²) in [4.78, 5) is 23.7. The lowest BCUT2D eigenvalue weighted by molar-refractivity contribution is -0.141. The number of rotatable bonds is 12. The first kappa shape index (κ1) is 22.0. The molecule has 1 atom stereocenters. The van der Waals surface area contributed by atoms with Gasteiger partial charge in [0.05, 0.1) is 5.92 Å². The normalized spacial score (nSPS) is 11.8. The monoisotopic (exact) mass is 399 g/mol. The van der Waals surface area contributed by atoms with Gasteiger partial charge in [-0.1, -0.05) is 75.0 Å². The lowest BCUT2D eigenvalue weighted by Gasteiger charge is -2.11. The first-order chi connectivity index (χ1) is 13.5. The highest BCUT2D eigenvalue weighted by Crippen LogP contribution is 2.24. The number of carbonyl (C=O) groups excluding carboxylic acids is 1. The Morgan fingerprint density at radius 2 is 1.57 bits per heavy atom. The van der Waals surface area contributed by atoms with Crippen molar-refractivity contribution in [2.75, 3.05) is 10.5 Å². The van der Waals surface area contributed by atoms with Crippen LogP contribution in [-0.4, -0.2) is 22.6 Å². The van der Waals surface area contributed by atoms with Gasteiger partial charge in [-0.25, -0.2) is 0 Å². The molecule has 0 fully saturated rings. The summed E-state index contributed by atoms with van der Waals surface area (Å²) in [6.45, 7) is 4.11. The van der Waals surface area contributed by atoms with Crippen LogP contribution in [0.2, 0.25) is 0 Å². The zero-order chi connectivity index (χ0) is 20.4. The Kier molecular flexibility index (Phi) is 9.08. The number of carboxylic acids is 1. The van der Waals surface area contributed by atoms with Crippen LogP contribution in [0.1, 0.15) is 56.3 Å². The number of anilines is 1. The molecule has 4 nitrogen and oxygen atoms in total. The number of hydrogen-bond donors (Lipinski definition) is 2. The molecule has 0 saturated heterocycles. The van der Waals surface area contributed by atoms with Crippen molar-refractivity contribution in [1.29, 1.82) is 0 Å². The lowest BCUT2D eigenvalue weighted by atomic mass is 9.93. The Morgan fingerprint density at radius 1 is 0.964 bits per heavy atom. The highest BCUT2D eigenvalue weighted by molar-refractivity contribution is 8.00. The Hall–Kier alpha value is -2.27. The second-order valence-corrected chi connectivity index (χ2v) is 7.81. The topological polar surface area (TPSA) is 66.4 Å². The van der Waals surface area contributed by atoms with Crippen molar-refractivity contribution in [1.82, 2.24) is 0 Å². The number of benzene rings is 2. The van der Waals surface area contributed by atoms with E-state index in [1.54, 1.807) is 24.1 Å². The second kappa shape index (κ2) is 11.5. The smallest absolute Gasteiger partial charge is 0.306 e. The molecule has 2 aromatic rings. The molecule has 0 saturated carbocycles. The minimum Gasteiger partial charge on any atom is -0.481 e. The fourth-order valence-corrected chi connectivity index (χ4v) is 3.77. The van der Waals surface area contributed by atoms with Crippen molar-refractivity contribution >= 4 is 29.4 Å². The molecule has 0 aromatic heterocycles. The van der Waals surface area contributed by atoms with Crippen LogP contribution < -0.4 is 4.72 Å². The molecule has 0 aliphatic carbocycles. The number of aliphatic carboxylic acids is 1. The van der Waals surface area contributed by atoms with Crippen LogP contribution in [0.25, 0.3) is 11.1 Å². The molecule has 0 aliphatic heterocycles. The van der Waals surface area contributed by atoms with E-state index in [2.05, 4.69) is 35.9 Å². The number of nitrogens with one attached hydrogen (secondary N) is 1. The second-order valence-electron chi connectivity index (χ2n) is 6.91. The molecule has 150 valence electrons. The van der Waals surface area contributed by atoms with Crippen LogP contribution >= 0.6 is 11.9 Å². The van der Waals surface area contributed by atoms with Gasteiger partial charge in [0.1, 0.15) is 0 Å². The predicted molar refractivity (Wildman–Crippen MR) is 118 cm³/mol. The van der Waals surface area contributed by atoms with Crippen LogP contribution in [0.4, 0.5) is 5.69 Å². The third kappa shape index (κ3) is 6.71. The standard InChI is InChI=1S/C23H29NO3S/c1-3-5-15-28-24-21-13-11-18(12-14-21)17-7-9-19(10-8-17)22(25)16-20(6-4-2)23(26)27/h7-14,20,24H,3-6,15-16H2,1-2H3,(H,26,27). The summed E-state index contributed by atoms with van der Waals surface area (Å²) in [7, 11) is 0. The number of carboxylic acid groups (broad SMARTS) is 1. The molecular formula is C23H29NO3S. The number of Topliss-reactive ketones (excluding diaryl/α,β-unsaturated/α-hetero) is 1. The first-order valence-corrected chi connectivity index (χ1v) is 10.9. The molecule has 2 aromatic carbocycles. The summed E-state index contributed by atoms with van der Waals surface area (Å²) in [5.41, 5.74) is 3.76. The molecular weight excluding hydrogens is 370 g/mol. The van der Waals surface area contributed by atoms with Gasteiger partial charge in [0, 0.05) is 23.4 Å². The van der Waals surface area contributed by atoms with Gasteiger partial charge in [-0.05, 0) is 36.1 Å². The lowest BCUT2D eigenvalue weighted by Crippen LogP contribution is -2.17. The van der Waals surface area contributed by atoms with E-state index in [9.17, 15) is 14.7 Å². The van der Waals surface area contributed by atoms with Crippen LogP contribution in [-0.2, 0) is 4.79 Å². The molecule has 2 N–H and O–H groups in total. The van der Waals surface area contributed by atoms with Gasteiger partial charge in [0.2, 0.25) is 0 Å². The fraction of sp³-hybridized carbons (Fsp3) is 0.391. The van der Waals surface area contributed by atoms with Crippen molar-refractivity contribution in [2.45, 2.75) is 46.0 Å². The van der Waals surface area contributed by atoms with Gasteiger partial charge in [0.25, 0.3) is 0 Å². The zero-order valence-electron chi connectivity index (χ0n) is 16.6. The molecule has 0 spiro atoms. The van der Waals surface area contributed by atoms with E-state index in [1.807, 2.05) is 19.1 Å². The highest BCUT2D eigenvalue weighted by Gasteiger charge is 2.21. The molecule has 28 heavy (non-hydrogen) atoms. The van der Waals surface area contributed by atoms with Gasteiger partial charge in [-0.3, -0.25) is 9.59 Å². The highest BCUT2D eigenvalue weighted by atomic mass is 32.2. The van der Waals surface area contributed by atoms with Gasteiger partial charge in [-0.2, -0.15) is 0 Å². The molecule has 0 amide bonds. The molecule has 0 radical (unpaired) electrons.